The lowest BCUT2D eigenvalue weighted by atomic mass is 9.86. The first-order valence-electron chi connectivity index (χ1n) is 9.78. The third kappa shape index (κ3) is 7.95. The van der Waals surface area contributed by atoms with E-state index < -0.39 is 16.8 Å². The molecule has 0 aliphatic heterocycles. The van der Waals surface area contributed by atoms with Gasteiger partial charge in [-0.2, -0.15) is 0 Å². The zero-order valence-corrected chi connectivity index (χ0v) is 18.6. The van der Waals surface area contributed by atoms with Gasteiger partial charge in [-0.25, -0.2) is 4.72 Å². The number of amides is 1. The van der Waals surface area contributed by atoms with Crippen LogP contribution in [-0.4, -0.2) is 33.2 Å². The van der Waals surface area contributed by atoms with Gasteiger partial charge in [0, 0.05) is 24.9 Å². The summed E-state index contributed by atoms with van der Waals surface area (Å²) >= 11 is 2.81. The highest BCUT2D eigenvalue weighted by molar-refractivity contribution is 7.80. The molecule has 0 bridgehead atoms. The molecule has 0 aliphatic rings. The minimum atomic E-state index is -2.60. The van der Waals surface area contributed by atoms with Gasteiger partial charge in [0.2, 0.25) is 5.91 Å². The lowest BCUT2D eigenvalue weighted by Crippen LogP contribution is -2.55. The molecule has 0 aromatic heterocycles. The lowest BCUT2D eigenvalue weighted by Gasteiger charge is -2.36. The Bertz CT molecular complexity index is 653. The number of unbranched alkanes of at least 4 members (excludes halogenated alkanes) is 5. The molecule has 6 nitrogen and oxygen atoms in total. The number of nitrogens with one attached hydrogen (secondary N) is 3. The van der Waals surface area contributed by atoms with Crippen molar-refractivity contribution in [2.45, 2.75) is 64.3 Å². The molecule has 0 heterocycles. The Kier molecular flexibility index (Phi) is 11.4. The highest BCUT2D eigenvalue weighted by Crippen LogP contribution is 2.28. The molecular weight excluding hydrogens is 394 g/mol. The van der Waals surface area contributed by atoms with E-state index >= 15 is 0 Å². The number of carbonyl (C=O) groups is 1. The van der Waals surface area contributed by atoms with Gasteiger partial charge < -0.3 is 15.2 Å². The summed E-state index contributed by atoms with van der Waals surface area (Å²) in [6.07, 6.45) is 6.70. The van der Waals surface area contributed by atoms with Gasteiger partial charge >= 0.3 is 0 Å². The number of likely N-dealkylation sites (N-methyl/N-ethyl adjacent to an activating group) is 1. The lowest BCUT2D eigenvalue weighted by molar-refractivity contribution is -0.121. The summed E-state index contributed by atoms with van der Waals surface area (Å²) in [7, 11) is 1.62. The quantitative estimate of drug-likeness (QED) is 0.256. The molecule has 3 N–H and O–H groups in total. The molecule has 2 unspecified atom stereocenters. The first kappa shape index (κ1) is 24.7. The minimum absolute atomic E-state index is 0.112. The fraction of sp³-hybridized carbons (Fsp3) is 0.600. The molecule has 1 aromatic rings. The third-order valence-electron chi connectivity index (χ3n) is 4.69. The maximum Gasteiger partial charge on any atom is 0.222 e. The predicted octanol–water partition coefficient (Wildman–Crippen LogP) is 2.99. The topological polar surface area (TPSA) is 93.3 Å². The molecule has 2 atom stereocenters. The van der Waals surface area contributed by atoms with Crippen molar-refractivity contribution < 1.29 is 13.6 Å². The number of thiocarbonyl (C=S) groups is 1. The number of hydrogen-bond acceptors (Lipinski definition) is 4. The highest BCUT2D eigenvalue weighted by Gasteiger charge is 2.39. The van der Waals surface area contributed by atoms with E-state index in [1.54, 1.807) is 19.2 Å². The second-order valence-corrected chi connectivity index (χ2v) is 8.06. The van der Waals surface area contributed by atoms with Crippen molar-refractivity contribution in [3.8, 4) is 0 Å². The molecule has 1 amide bonds. The van der Waals surface area contributed by atoms with E-state index in [1.165, 1.54) is 19.3 Å². The molecule has 1 rings (SSSR count). The number of benzene rings is 1. The fourth-order valence-corrected chi connectivity index (χ4v) is 3.97. The van der Waals surface area contributed by atoms with E-state index in [4.69, 9.17) is 12.2 Å². The van der Waals surface area contributed by atoms with E-state index in [9.17, 15) is 13.6 Å². The van der Waals surface area contributed by atoms with Crippen LogP contribution in [0.5, 0.6) is 0 Å². The first-order valence-corrected chi connectivity index (χ1v) is 11.3. The third-order valence-corrected chi connectivity index (χ3v) is 5.76. The molecule has 0 spiro atoms. The smallest absolute Gasteiger partial charge is 0.222 e. The van der Waals surface area contributed by atoms with E-state index in [0.717, 1.165) is 24.8 Å². The van der Waals surface area contributed by atoms with E-state index in [0.29, 0.717) is 12.1 Å². The average Bonchev–Trinajstić information content (AvgIpc) is 2.66. The summed E-state index contributed by atoms with van der Waals surface area (Å²) < 4.78 is 25.5. The summed E-state index contributed by atoms with van der Waals surface area (Å²) in [5.41, 5.74) is 0.329. The van der Waals surface area contributed by atoms with Gasteiger partial charge in [0.15, 0.2) is 0 Å². The van der Waals surface area contributed by atoms with Crippen LogP contribution in [0.15, 0.2) is 24.3 Å². The van der Waals surface area contributed by atoms with E-state index in [-0.39, 0.29) is 17.3 Å². The second kappa shape index (κ2) is 13.0. The van der Waals surface area contributed by atoms with Crippen LogP contribution in [0.4, 0.5) is 0 Å². The highest BCUT2D eigenvalue weighted by atomic mass is 32.2. The summed E-state index contributed by atoms with van der Waals surface area (Å²) in [5, 5.41) is 5.74. The predicted molar refractivity (Wildman–Crippen MR) is 118 cm³/mol. The number of rotatable bonds is 13. The minimum Gasteiger partial charge on any atom is -0.760 e. The molecule has 1 aromatic carbocycles. The summed E-state index contributed by atoms with van der Waals surface area (Å²) in [6.45, 7) is 4.69. The van der Waals surface area contributed by atoms with Crippen molar-refractivity contribution in [1.29, 1.82) is 0 Å². The second-order valence-electron chi connectivity index (χ2n) is 6.98. The molecule has 0 saturated heterocycles. The van der Waals surface area contributed by atoms with Crippen LogP contribution in [0.2, 0.25) is 0 Å². The standard InChI is InChI=1S/C20H33N3O3S2/c1-4-5-6-7-8-9-14-22-18(24)15-20(19(27)21-3,23-28(25)26)17-12-10-16(2)11-13-17/h10-13,23H,4-9,14-15H2,1-3H3,(H,21,27)(H,22,24)(H,25,26)/p-1. The maximum absolute atomic E-state index is 12.6. The Morgan fingerprint density at radius 1 is 1.14 bits per heavy atom. The van der Waals surface area contributed by atoms with Gasteiger partial charge in [-0.15, -0.1) is 0 Å². The van der Waals surface area contributed by atoms with Crippen LogP contribution in [0.3, 0.4) is 0 Å². The van der Waals surface area contributed by atoms with Gasteiger partial charge in [0.25, 0.3) is 0 Å². The van der Waals surface area contributed by atoms with Crippen LogP contribution in [0, 0.1) is 6.92 Å². The number of carbonyl (C=O) groups excluding carboxylic acids is 1. The zero-order chi connectivity index (χ0) is 21.0. The van der Waals surface area contributed by atoms with Crippen molar-refractivity contribution in [3.05, 3.63) is 35.4 Å². The van der Waals surface area contributed by atoms with Crippen molar-refractivity contribution >= 4 is 34.4 Å². The molecule has 0 fully saturated rings. The zero-order valence-electron chi connectivity index (χ0n) is 17.0. The largest absolute Gasteiger partial charge is 0.760 e. The van der Waals surface area contributed by atoms with Gasteiger partial charge in [0.1, 0.15) is 10.5 Å². The fourth-order valence-electron chi connectivity index (χ4n) is 3.08. The SMILES string of the molecule is CCCCCCCCNC(=O)CC(NS(=O)[O-])(C(=S)NC)c1ccc(C)cc1. The summed E-state index contributed by atoms with van der Waals surface area (Å²) in [5.74, 6) is -0.246. The maximum atomic E-state index is 12.6. The van der Waals surface area contributed by atoms with Crippen LogP contribution in [0.25, 0.3) is 0 Å². The molecule has 158 valence electrons. The van der Waals surface area contributed by atoms with Crippen molar-refractivity contribution in [2.24, 2.45) is 0 Å². The molecule has 28 heavy (non-hydrogen) atoms. The number of hydrogen-bond donors (Lipinski definition) is 3. The Morgan fingerprint density at radius 2 is 1.75 bits per heavy atom. The Morgan fingerprint density at radius 3 is 2.32 bits per heavy atom. The Hall–Kier alpha value is -1.35. The summed E-state index contributed by atoms with van der Waals surface area (Å²) in [4.78, 5) is 12.8. The monoisotopic (exact) mass is 426 g/mol. The average molecular weight is 427 g/mol. The molecule has 0 radical (unpaired) electrons. The van der Waals surface area contributed by atoms with Crippen molar-refractivity contribution in [1.82, 2.24) is 15.4 Å². The van der Waals surface area contributed by atoms with Gasteiger partial charge in [-0.3, -0.25) is 9.00 Å². The molecule has 8 heteroatoms. The van der Waals surface area contributed by atoms with Crippen molar-refractivity contribution in [2.75, 3.05) is 13.6 Å². The van der Waals surface area contributed by atoms with Crippen LogP contribution in [-0.2, 0) is 21.6 Å². The van der Waals surface area contributed by atoms with Crippen molar-refractivity contribution in [3.63, 3.8) is 0 Å². The van der Waals surface area contributed by atoms with Crippen LogP contribution in [0.1, 0.15) is 63.0 Å². The molecule has 0 saturated carbocycles. The van der Waals surface area contributed by atoms with Gasteiger partial charge in [-0.1, -0.05) is 81.1 Å². The number of aryl methyl sites for hydroxylation is 1. The Labute approximate surface area is 176 Å². The molecular formula is C20H32N3O3S2-. The summed E-state index contributed by atoms with van der Waals surface area (Å²) in [6, 6.07) is 7.32. The van der Waals surface area contributed by atoms with Gasteiger partial charge in [-0.05, 0) is 18.9 Å². The van der Waals surface area contributed by atoms with Crippen LogP contribution < -0.4 is 15.4 Å². The normalized spacial score (nSPS) is 14.1. The Balaban J connectivity index is 2.84. The van der Waals surface area contributed by atoms with E-state index in [2.05, 4.69) is 22.3 Å². The van der Waals surface area contributed by atoms with Crippen LogP contribution >= 0.6 is 12.2 Å². The van der Waals surface area contributed by atoms with E-state index in [1.807, 2.05) is 19.1 Å². The first-order chi connectivity index (χ1) is 13.4. The molecule has 0 aliphatic carbocycles. The van der Waals surface area contributed by atoms with Gasteiger partial charge in [0.05, 0.1) is 6.42 Å².